The summed E-state index contributed by atoms with van der Waals surface area (Å²) >= 11 is 0. The maximum Gasteiger partial charge on any atom is 0.335 e. The van der Waals surface area contributed by atoms with E-state index in [1.54, 1.807) is 19.2 Å². The molecule has 0 saturated carbocycles. The van der Waals surface area contributed by atoms with Crippen LogP contribution in [0.3, 0.4) is 0 Å². The van der Waals surface area contributed by atoms with Crippen LogP contribution in [0.5, 0.6) is 5.75 Å². The molecule has 0 unspecified atom stereocenters. The quantitative estimate of drug-likeness (QED) is 0.477. The molecule has 1 N–H and O–H groups in total. The topological polar surface area (TPSA) is 51.5 Å². The number of methoxy groups -OCH3 is 1. The molecule has 0 bridgehead atoms. The van der Waals surface area contributed by atoms with E-state index in [0.29, 0.717) is 5.56 Å². The van der Waals surface area contributed by atoms with Crippen LogP contribution < -0.4 is 4.74 Å². The molecule has 0 spiro atoms. The van der Waals surface area contributed by atoms with Gasteiger partial charge in [0.05, 0.1) is 18.2 Å². The monoisotopic (exact) mass is 385 g/mol. The van der Waals surface area contributed by atoms with Gasteiger partial charge in [-0.2, -0.15) is 0 Å². The van der Waals surface area contributed by atoms with Gasteiger partial charge in [0.15, 0.2) is 0 Å². The number of ether oxygens (including phenoxy) is 1. The molecule has 0 aliphatic heterocycles. The van der Waals surface area contributed by atoms with Crippen LogP contribution in [0.25, 0.3) is 10.9 Å². The molecule has 0 atom stereocenters. The van der Waals surface area contributed by atoms with Crippen LogP contribution in [0, 0.1) is 0 Å². The van der Waals surface area contributed by atoms with Crippen molar-refractivity contribution in [3.8, 4) is 5.75 Å². The Bertz CT molecular complexity index is 1140. The first-order valence-electron chi connectivity index (χ1n) is 9.66. The zero-order valence-electron chi connectivity index (χ0n) is 16.3. The second kappa shape index (κ2) is 8.23. The zero-order valence-corrected chi connectivity index (χ0v) is 16.3. The van der Waals surface area contributed by atoms with Crippen molar-refractivity contribution in [2.45, 2.75) is 19.4 Å². The highest BCUT2D eigenvalue weighted by molar-refractivity contribution is 5.87. The SMILES string of the molecule is COc1cccc(Cn2ccc3cccc(CCc4ccc(C(=O)O)cc4)c32)c1. The number of para-hydroxylation sites is 1. The van der Waals surface area contributed by atoms with Gasteiger partial charge in [0, 0.05) is 12.7 Å². The van der Waals surface area contributed by atoms with Crippen LogP contribution in [0.1, 0.15) is 27.0 Å². The number of carboxylic acids is 1. The van der Waals surface area contributed by atoms with Gasteiger partial charge in [-0.05, 0) is 65.3 Å². The second-order valence-corrected chi connectivity index (χ2v) is 7.15. The molecule has 4 aromatic rings. The summed E-state index contributed by atoms with van der Waals surface area (Å²) in [5, 5.41) is 10.3. The smallest absolute Gasteiger partial charge is 0.335 e. The van der Waals surface area contributed by atoms with Crippen molar-refractivity contribution in [3.63, 3.8) is 0 Å². The highest BCUT2D eigenvalue weighted by Crippen LogP contribution is 2.24. The summed E-state index contributed by atoms with van der Waals surface area (Å²) < 4.78 is 7.63. The predicted octanol–water partition coefficient (Wildman–Crippen LogP) is 5.18. The van der Waals surface area contributed by atoms with Crippen molar-refractivity contribution in [1.82, 2.24) is 4.57 Å². The van der Waals surface area contributed by atoms with Gasteiger partial charge >= 0.3 is 5.97 Å². The summed E-state index contributed by atoms with van der Waals surface area (Å²) in [6.07, 6.45) is 3.89. The lowest BCUT2D eigenvalue weighted by atomic mass is 10.0. The van der Waals surface area contributed by atoms with Gasteiger partial charge < -0.3 is 14.4 Å². The van der Waals surface area contributed by atoms with Crippen molar-refractivity contribution in [2.24, 2.45) is 0 Å². The van der Waals surface area contributed by atoms with Crippen LogP contribution in [-0.2, 0) is 19.4 Å². The van der Waals surface area contributed by atoms with Gasteiger partial charge in [-0.3, -0.25) is 0 Å². The first-order chi connectivity index (χ1) is 14.1. The van der Waals surface area contributed by atoms with Crippen LogP contribution in [0.4, 0.5) is 0 Å². The van der Waals surface area contributed by atoms with E-state index in [1.807, 2.05) is 24.3 Å². The van der Waals surface area contributed by atoms with Gasteiger partial charge in [0.1, 0.15) is 5.75 Å². The van der Waals surface area contributed by atoms with E-state index in [-0.39, 0.29) is 0 Å². The van der Waals surface area contributed by atoms with Crippen molar-refractivity contribution in [2.75, 3.05) is 7.11 Å². The standard InChI is InChI=1S/C25H23NO3/c1-29-23-7-2-4-19(16-23)17-26-15-14-21-6-3-5-20(24(21)26)11-8-18-9-12-22(13-10-18)25(27)28/h2-7,9-10,12-16H,8,11,17H2,1H3,(H,27,28). The fourth-order valence-electron chi connectivity index (χ4n) is 3.73. The second-order valence-electron chi connectivity index (χ2n) is 7.15. The Labute approximate surface area is 170 Å². The molecule has 0 amide bonds. The fraction of sp³-hybridized carbons (Fsp3) is 0.160. The molecule has 1 aromatic heterocycles. The molecule has 0 fully saturated rings. The van der Waals surface area contributed by atoms with E-state index in [9.17, 15) is 4.79 Å². The molecule has 3 aromatic carbocycles. The Morgan fingerprint density at radius 2 is 1.72 bits per heavy atom. The number of aromatic nitrogens is 1. The largest absolute Gasteiger partial charge is 0.497 e. The molecule has 1 heterocycles. The van der Waals surface area contributed by atoms with Gasteiger partial charge in [0.2, 0.25) is 0 Å². The number of benzene rings is 3. The number of aryl methyl sites for hydroxylation is 2. The summed E-state index contributed by atoms with van der Waals surface area (Å²) in [7, 11) is 1.69. The Balaban J connectivity index is 1.58. The molecule has 4 rings (SSSR count). The minimum atomic E-state index is -0.892. The average Bonchev–Trinajstić information content (AvgIpc) is 3.16. The van der Waals surface area contributed by atoms with E-state index in [4.69, 9.17) is 9.84 Å². The lowest BCUT2D eigenvalue weighted by Gasteiger charge is -2.11. The van der Waals surface area contributed by atoms with Gasteiger partial charge in [-0.15, -0.1) is 0 Å². The summed E-state index contributed by atoms with van der Waals surface area (Å²) in [5.74, 6) is -0.0271. The van der Waals surface area contributed by atoms with Crippen molar-refractivity contribution in [1.29, 1.82) is 0 Å². The van der Waals surface area contributed by atoms with Crippen molar-refractivity contribution >= 4 is 16.9 Å². The molecule has 29 heavy (non-hydrogen) atoms. The number of hydrogen-bond acceptors (Lipinski definition) is 2. The normalized spacial score (nSPS) is 10.9. The third kappa shape index (κ3) is 4.16. The number of rotatable bonds is 7. The Morgan fingerprint density at radius 1 is 0.931 bits per heavy atom. The van der Waals surface area contributed by atoms with Crippen molar-refractivity contribution < 1.29 is 14.6 Å². The average molecular weight is 385 g/mol. The Morgan fingerprint density at radius 3 is 2.48 bits per heavy atom. The maximum atomic E-state index is 11.0. The molecule has 4 nitrogen and oxygen atoms in total. The first kappa shape index (κ1) is 18.8. The summed E-state index contributed by atoms with van der Waals surface area (Å²) in [6.45, 7) is 0.783. The van der Waals surface area contributed by atoms with E-state index in [1.165, 1.54) is 22.0 Å². The van der Waals surface area contributed by atoms with Crippen LogP contribution >= 0.6 is 0 Å². The number of nitrogens with zero attached hydrogens (tertiary/aromatic N) is 1. The summed E-state index contributed by atoms with van der Waals surface area (Å²) in [4.78, 5) is 11.0. The number of fused-ring (bicyclic) bond motifs is 1. The third-order valence-corrected chi connectivity index (χ3v) is 5.24. The van der Waals surface area contributed by atoms with Gasteiger partial charge in [-0.25, -0.2) is 4.79 Å². The highest BCUT2D eigenvalue weighted by Gasteiger charge is 2.09. The molecule has 4 heteroatoms. The molecule has 0 aliphatic carbocycles. The van der Waals surface area contributed by atoms with E-state index < -0.39 is 5.97 Å². The molecule has 0 saturated heterocycles. The molecule has 0 aliphatic rings. The number of carbonyl (C=O) groups is 1. The third-order valence-electron chi connectivity index (χ3n) is 5.24. The van der Waals surface area contributed by atoms with Crippen LogP contribution in [0.15, 0.2) is 79.0 Å². The molecule has 0 radical (unpaired) electrons. The minimum Gasteiger partial charge on any atom is -0.497 e. The summed E-state index contributed by atoms with van der Waals surface area (Å²) in [5.41, 5.74) is 5.19. The lowest BCUT2D eigenvalue weighted by molar-refractivity contribution is 0.0697. The number of aromatic carboxylic acids is 1. The fourth-order valence-corrected chi connectivity index (χ4v) is 3.73. The first-order valence-corrected chi connectivity index (χ1v) is 9.66. The molecular weight excluding hydrogens is 362 g/mol. The number of hydrogen-bond donors (Lipinski definition) is 1. The predicted molar refractivity (Wildman–Crippen MR) is 115 cm³/mol. The van der Waals surface area contributed by atoms with E-state index >= 15 is 0 Å². The highest BCUT2D eigenvalue weighted by atomic mass is 16.5. The van der Waals surface area contributed by atoms with Crippen LogP contribution in [-0.4, -0.2) is 22.8 Å². The van der Waals surface area contributed by atoms with Gasteiger partial charge in [0.25, 0.3) is 0 Å². The maximum absolute atomic E-state index is 11.0. The molecular formula is C25H23NO3. The minimum absolute atomic E-state index is 0.322. The van der Waals surface area contributed by atoms with Crippen molar-refractivity contribution in [3.05, 3.63) is 101 Å². The van der Waals surface area contributed by atoms with E-state index in [2.05, 4.69) is 47.2 Å². The Hall–Kier alpha value is -3.53. The Kier molecular flexibility index (Phi) is 5.34. The zero-order chi connectivity index (χ0) is 20.2. The summed E-state index contributed by atoms with van der Waals surface area (Å²) in [6, 6.07) is 23.9. The van der Waals surface area contributed by atoms with Crippen LogP contribution in [0.2, 0.25) is 0 Å². The molecule has 146 valence electrons. The van der Waals surface area contributed by atoms with Gasteiger partial charge in [-0.1, -0.05) is 42.5 Å². The van der Waals surface area contributed by atoms with E-state index in [0.717, 1.165) is 30.7 Å². The number of carboxylic acid groups (broad SMARTS) is 1. The lowest BCUT2D eigenvalue weighted by Crippen LogP contribution is -2.02.